The van der Waals surface area contributed by atoms with Gasteiger partial charge in [-0.1, -0.05) is 30.3 Å². The lowest BCUT2D eigenvalue weighted by Crippen LogP contribution is -2.40. The number of aryl methyl sites for hydroxylation is 1. The highest BCUT2D eigenvalue weighted by molar-refractivity contribution is 5.99. The maximum absolute atomic E-state index is 13.0. The standard InChI is InChI=1S/C22H27N5O4/c28-20(23-13-17-8-4-11-31-17)14-24-21(29)18-12-19-22(30)26(9-5-10-27(19)25-18)15-16-6-2-1-3-7-16/h1-3,6-7,12,17H,4-5,8-11,13-15H2,(H,23,28)(H,24,29). The van der Waals surface area contributed by atoms with Crippen LogP contribution in [0.4, 0.5) is 0 Å². The number of fused-ring (bicyclic) bond motifs is 1. The van der Waals surface area contributed by atoms with Crippen molar-refractivity contribution in [2.75, 3.05) is 26.2 Å². The van der Waals surface area contributed by atoms with Gasteiger partial charge in [0.15, 0.2) is 5.69 Å². The molecule has 0 radical (unpaired) electrons. The van der Waals surface area contributed by atoms with Crippen molar-refractivity contribution in [1.82, 2.24) is 25.3 Å². The molecule has 1 atom stereocenters. The van der Waals surface area contributed by atoms with E-state index in [-0.39, 0.29) is 30.2 Å². The normalized spacial score (nSPS) is 18.4. The number of nitrogens with zero attached hydrogens (tertiary/aromatic N) is 3. The molecule has 0 aliphatic carbocycles. The molecule has 1 aromatic carbocycles. The molecule has 1 fully saturated rings. The second-order valence-corrected chi connectivity index (χ2v) is 7.83. The van der Waals surface area contributed by atoms with Crippen molar-refractivity contribution in [2.24, 2.45) is 0 Å². The lowest BCUT2D eigenvalue weighted by Gasteiger charge is -2.20. The molecule has 1 unspecified atom stereocenters. The van der Waals surface area contributed by atoms with E-state index in [0.29, 0.717) is 31.9 Å². The van der Waals surface area contributed by atoms with Crippen LogP contribution in [0.2, 0.25) is 0 Å². The van der Waals surface area contributed by atoms with Gasteiger partial charge >= 0.3 is 0 Å². The average molecular weight is 425 g/mol. The Hall–Kier alpha value is -3.20. The quantitative estimate of drug-likeness (QED) is 0.687. The first-order valence-electron chi connectivity index (χ1n) is 10.7. The highest BCUT2D eigenvalue weighted by atomic mass is 16.5. The maximum atomic E-state index is 13.0. The van der Waals surface area contributed by atoms with Crippen molar-refractivity contribution in [3.8, 4) is 0 Å². The van der Waals surface area contributed by atoms with E-state index in [1.165, 1.54) is 6.07 Å². The molecule has 9 heteroatoms. The number of aromatic nitrogens is 2. The molecule has 2 aromatic rings. The topological polar surface area (TPSA) is 106 Å². The number of ether oxygens (including phenoxy) is 1. The highest BCUT2D eigenvalue weighted by Gasteiger charge is 2.26. The molecule has 31 heavy (non-hydrogen) atoms. The van der Waals surface area contributed by atoms with Crippen LogP contribution in [0.15, 0.2) is 36.4 Å². The molecule has 164 valence electrons. The van der Waals surface area contributed by atoms with Crippen LogP contribution in [0.25, 0.3) is 0 Å². The van der Waals surface area contributed by atoms with Crippen LogP contribution in [-0.2, 0) is 22.6 Å². The van der Waals surface area contributed by atoms with Gasteiger partial charge in [-0.25, -0.2) is 0 Å². The smallest absolute Gasteiger partial charge is 0.272 e. The molecular weight excluding hydrogens is 398 g/mol. The number of carbonyl (C=O) groups excluding carboxylic acids is 3. The fourth-order valence-electron chi connectivity index (χ4n) is 3.85. The monoisotopic (exact) mass is 425 g/mol. The van der Waals surface area contributed by atoms with Crippen molar-refractivity contribution < 1.29 is 19.1 Å². The number of amides is 3. The van der Waals surface area contributed by atoms with Gasteiger partial charge in [-0.05, 0) is 24.8 Å². The van der Waals surface area contributed by atoms with Crippen molar-refractivity contribution in [2.45, 2.75) is 38.5 Å². The molecule has 1 saturated heterocycles. The van der Waals surface area contributed by atoms with E-state index >= 15 is 0 Å². The Morgan fingerprint density at radius 3 is 2.74 bits per heavy atom. The van der Waals surface area contributed by atoms with Gasteiger partial charge in [0.25, 0.3) is 11.8 Å². The minimum Gasteiger partial charge on any atom is -0.376 e. The first-order valence-corrected chi connectivity index (χ1v) is 10.7. The van der Waals surface area contributed by atoms with Crippen molar-refractivity contribution >= 4 is 17.7 Å². The largest absolute Gasteiger partial charge is 0.376 e. The summed E-state index contributed by atoms with van der Waals surface area (Å²) in [5, 5.41) is 9.63. The zero-order valence-corrected chi connectivity index (χ0v) is 17.4. The summed E-state index contributed by atoms with van der Waals surface area (Å²) in [5.41, 5.74) is 1.58. The van der Waals surface area contributed by atoms with Gasteiger partial charge in [-0.3, -0.25) is 19.1 Å². The van der Waals surface area contributed by atoms with Gasteiger partial charge in [-0.15, -0.1) is 0 Å². The van der Waals surface area contributed by atoms with Gasteiger partial charge in [0.1, 0.15) is 5.69 Å². The van der Waals surface area contributed by atoms with Crippen molar-refractivity contribution in [3.63, 3.8) is 0 Å². The number of nitrogens with one attached hydrogen (secondary N) is 2. The summed E-state index contributed by atoms with van der Waals surface area (Å²) >= 11 is 0. The van der Waals surface area contributed by atoms with Gasteiger partial charge < -0.3 is 20.3 Å². The second-order valence-electron chi connectivity index (χ2n) is 7.83. The average Bonchev–Trinajstić information content (AvgIpc) is 3.43. The Labute approximate surface area is 180 Å². The SMILES string of the molecule is O=C(CNC(=O)c1cc2n(n1)CCCN(Cc1ccccc1)C2=O)NCC1CCCO1. The summed E-state index contributed by atoms with van der Waals surface area (Å²) < 4.78 is 7.04. The minimum atomic E-state index is -0.477. The molecule has 4 rings (SSSR count). The lowest BCUT2D eigenvalue weighted by molar-refractivity contribution is -0.120. The molecule has 0 saturated carbocycles. The number of carbonyl (C=O) groups is 3. The minimum absolute atomic E-state index is 0.0493. The van der Waals surface area contributed by atoms with Crippen LogP contribution >= 0.6 is 0 Å². The summed E-state index contributed by atoms with van der Waals surface area (Å²) in [5.74, 6) is -0.910. The third-order valence-corrected chi connectivity index (χ3v) is 5.49. The number of hydrogen-bond donors (Lipinski definition) is 2. The lowest BCUT2D eigenvalue weighted by atomic mass is 10.2. The van der Waals surface area contributed by atoms with Crippen molar-refractivity contribution in [1.29, 1.82) is 0 Å². The van der Waals surface area contributed by atoms with E-state index in [1.54, 1.807) is 9.58 Å². The fraction of sp³-hybridized carbons (Fsp3) is 0.455. The molecule has 2 N–H and O–H groups in total. The second kappa shape index (κ2) is 9.74. The maximum Gasteiger partial charge on any atom is 0.272 e. The zero-order chi connectivity index (χ0) is 21.6. The molecule has 9 nitrogen and oxygen atoms in total. The number of hydrogen-bond acceptors (Lipinski definition) is 5. The van der Waals surface area contributed by atoms with E-state index in [0.717, 1.165) is 31.4 Å². The predicted octanol–water partition coefficient (Wildman–Crippen LogP) is 0.954. The van der Waals surface area contributed by atoms with Crippen LogP contribution in [0.1, 0.15) is 45.8 Å². The van der Waals surface area contributed by atoms with Crippen LogP contribution in [0.5, 0.6) is 0 Å². The molecule has 0 spiro atoms. The number of rotatable bonds is 7. The zero-order valence-electron chi connectivity index (χ0n) is 17.4. The predicted molar refractivity (Wildman–Crippen MR) is 112 cm³/mol. The first kappa shape index (κ1) is 21.0. The molecular formula is C22H27N5O4. The van der Waals surface area contributed by atoms with Crippen LogP contribution < -0.4 is 10.6 Å². The number of benzene rings is 1. The van der Waals surface area contributed by atoms with E-state index < -0.39 is 5.91 Å². The van der Waals surface area contributed by atoms with Crippen LogP contribution in [0, 0.1) is 0 Å². The third kappa shape index (κ3) is 5.29. The summed E-state index contributed by atoms with van der Waals surface area (Å²) in [7, 11) is 0. The van der Waals surface area contributed by atoms with Gasteiger partial charge in [-0.2, -0.15) is 5.10 Å². The Bertz CT molecular complexity index is 937. The molecule has 1 aromatic heterocycles. The molecule has 0 bridgehead atoms. The van der Waals surface area contributed by atoms with Crippen LogP contribution in [0.3, 0.4) is 0 Å². The van der Waals surface area contributed by atoms with E-state index in [1.807, 2.05) is 30.3 Å². The Kier molecular flexibility index (Phi) is 6.61. The summed E-state index contributed by atoms with van der Waals surface area (Å²) in [6, 6.07) is 11.3. The fourth-order valence-corrected chi connectivity index (χ4v) is 3.85. The summed E-state index contributed by atoms with van der Waals surface area (Å²) in [6.45, 7) is 2.72. The molecule has 2 aliphatic heterocycles. The van der Waals surface area contributed by atoms with Gasteiger partial charge in [0, 0.05) is 38.9 Å². The Balaban J connectivity index is 1.34. The van der Waals surface area contributed by atoms with Crippen molar-refractivity contribution in [3.05, 3.63) is 53.3 Å². The summed E-state index contributed by atoms with van der Waals surface area (Å²) in [6.07, 6.45) is 2.74. The molecule has 2 aliphatic rings. The highest BCUT2D eigenvalue weighted by Crippen LogP contribution is 2.16. The molecule has 3 amide bonds. The first-order chi connectivity index (χ1) is 15.1. The third-order valence-electron chi connectivity index (χ3n) is 5.49. The van der Waals surface area contributed by atoms with Gasteiger partial charge in [0.2, 0.25) is 5.91 Å². The summed E-state index contributed by atoms with van der Waals surface area (Å²) in [4.78, 5) is 39.2. The Morgan fingerprint density at radius 1 is 1.13 bits per heavy atom. The van der Waals surface area contributed by atoms with E-state index in [2.05, 4.69) is 15.7 Å². The van der Waals surface area contributed by atoms with E-state index in [4.69, 9.17) is 4.74 Å². The van der Waals surface area contributed by atoms with Crippen LogP contribution in [-0.4, -0.2) is 64.7 Å². The van der Waals surface area contributed by atoms with Gasteiger partial charge in [0.05, 0.1) is 12.6 Å². The Morgan fingerprint density at radius 2 is 1.97 bits per heavy atom. The van der Waals surface area contributed by atoms with E-state index in [9.17, 15) is 14.4 Å². The molecule has 3 heterocycles.